The SMILES string of the molecule is Cc1cnc(NCCCN2CCOCC2)c(N)c1. The van der Waals surface area contributed by atoms with Gasteiger partial charge in [-0.05, 0) is 31.5 Å². The number of hydrogen-bond acceptors (Lipinski definition) is 5. The van der Waals surface area contributed by atoms with Gasteiger partial charge in [0.25, 0.3) is 0 Å². The maximum atomic E-state index is 5.89. The van der Waals surface area contributed by atoms with Crippen molar-refractivity contribution in [2.24, 2.45) is 0 Å². The summed E-state index contributed by atoms with van der Waals surface area (Å²) < 4.78 is 5.32. The highest BCUT2D eigenvalue weighted by Gasteiger charge is 2.09. The number of rotatable bonds is 5. The number of anilines is 2. The van der Waals surface area contributed by atoms with Crippen molar-refractivity contribution < 1.29 is 4.74 Å². The Balaban J connectivity index is 1.68. The van der Waals surface area contributed by atoms with Gasteiger partial charge in [0.15, 0.2) is 0 Å². The second-order valence-electron chi connectivity index (χ2n) is 4.68. The van der Waals surface area contributed by atoms with E-state index < -0.39 is 0 Å². The molecule has 5 heteroatoms. The van der Waals surface area contributed by atoms with Crippen molar-refractivity contribution >= 4 is 11.5 Å². The van der Waals surface area contributed by atoms with Crippen LogP contribution in [-0.4, -0.2) is 49.3 Å². The molecule has 1 aromatic heterocycles. The van der Waals surface area contributed by atoms with Gasteiger partial charge in [-0.25, -0.2) is 4.98 Å². The lowest BCUT2D eigenvalue weighted by molar-refractivity contribution is 0.0378. The molecule has 3 N–H and O–H groups in total. The minimum Gasteiger partial charge on any atom is -0.396 e. The first-order valence-corrected chi connectivity index (χ1v) is 6.52. The van der Waals surface area contributed by atoms with E-state index >= 15 is 0 Å². The molecular weight excluding hydrogens is 228 g/mol. The first kappa shape index (κ1) is 13.1. The molecule has 5 nitrogen and oxygen atoms in total. The molecule has 0 amide bonds. The van der Waals surface area contributed by atoms with Crippen molar-refractivity contribution in [3.8, 4) is 0 Å². The third kappa shape index (κ3) is 3.85. The van der Waals surface area contributed by atoms with Crippen LogP contribution < -0.4 is 11.1 Å². The van der Waals surface area contributed by atoms with Crippen molar-refractivity contribution in [1.29, 1.82) is 0 Å². The number of pyridine rings is 1. The van der Waals surface area contributed by atoms with Crippen LogP contribution >= 0.6 is 0 Å². The van der Waals surface area contributed by atoms with Gasteiger partial charge in [0.05, 0.1) is 18.9 Å². The van der Waals surface area contributed by atoms with Gasteiger partial charge in [-0.3, -0.25) is 4.90 Å². The lowest BCUT2D eigenvalue weighted by atomic mass is 10.3. The molecule has 1 aliphatic rings. The Morgan fingerprint density at radius 3 is 2.94 bits per heavy atom. The highest BCUT2D eigenvalue weighted by Crippen LogP contribution is 2.15. The first-order valence-electron chi connectivity index (χ1n) is 6.52. The minimum absolute atomic E-state index is 0.723. The molecule has 1 aromatic rings. The number of aromatic nitrogens is 1. The van der Waals surface area contributed by atoms with Crippen LogP contribution in [0.2, 0.25) is 0 Å². The summed E-state index contributed by atoms with van der Waals surface area (Å²) in [4.78, 5) is 6.72. The predicted molar refractivity (Wildman–Crippen MR) is 73.8 cm³/mol. The molecule has 0 aromatic carbocycles. The van der Waals surface area contributed by atoms with E-state index in [1.165, 1.54) is 0 Å². The lowest BCUT2D eigenvalue weighted by Crippen LogP contribution is -2.37. The van der Waals surface area contributed by atoms with E-state index in [0.717, 1.165) is 62.9 Å². The number of morpholine rings is 1. The van der Waals surface area contributed by atoms with E-state index in [1.807, 2.05) is 19.2 Å². The normalized spacial score (nSPS) is 16.7. The van der Waals surface area contributed by atoms with Gasteiger partial charge in [-0.1, -0.05) is 0 Å². The number of aryl methyl sites for hydroxylation is 1. The maximum Gasteiger partial charge on any atom is 0.149 e. The molecule has 0 saturated carbocycles. The largest absolute Gasteiger partial charge is 0.396 e. The van der Waals surface area contributed by atoms with Crippen LogP contribution in [0.5, 0.6) is 0 Å². The zero-order valence-corrected chi connectivity index (χ0v) is 11.0. The summed E-state index contributed by atoms with van der Waals surface area (Å²) >= 11 is 0. The predicted octanol–water partition coefficient (Wildman–Crippen LogP) is 1.11. The van der Waals surface area contributed by atoms with Gasteiger partial charge in [0.1, 0.15) is 5.82 Å². The molecule has 0 bridgehead atoms. The topological polar surface area (TPSA) is 63.4 Å². The highest BCUT2D eigenvalue weighted by molar-refractivity contribution is 5.61. The second-order valence-corrected chi connectivity index (χ2v) is 4.68. The number of nitrogens with one attached hydrogen (secondary N) is 1. The Kier molecular flexibility index (Phi) is 4.78. The van der Waals surface area contributed by atoms with Gasteiger partial charge in [0, 0.05) is 25.8 Å². The zero-order valence-electron chi connectivity index (χ0n) is 11.0. The summed E-state index contributed by atoms with van der Waals surface area (Å²) in [6.45, 7) is 7.81. The van der Waals surface area contributed by atoms with Gasteiger partial charge < -0.3 is 15.8 Å². The molecule has 18 heavy (non-hydrogen) atoms. The van der Waals surface area contributed by atoms with Crippen LogP contribution in [0.3, 0.4) is 0 Å². The smallest absolute Gasteiger partial charge is 0.149 e. The van der Waals surface area contributed by atoms with Crippen LogP contribution in [0.15, 0.2) is 12.3 Å². The number of ether oxygens (including phenoxy) is 1. The molecule has 1 aliphatic heterocycles. The van der Waals surface area contributed by atoms with Crippen LogP contribution in [0.1, 0.15) is 12.0 Å². The van der Waals surface area contributed by atoms with E-state index in [1.54, 1.807) is 0 Å². The van der Waals surface area contributed by atoms with Gasteiger partial charge in [-0.2, -0.15) is 0 Å². The molecular formula is C13H22N4O. The molecule has 0 atom stereocenters. The van der Waals surface area contributed by atoms with Crippen molar-refractivity contribution in [1.82, 2.24) is 9.88 Å². The Morgan fingerprint density at radius 1 is 1.44 bits per heavy atom. The average molecular weight is 250 g/mol. The Bertz CT molecular complexity index is 377. The van der Waals surface area contributed by atoms with Gasteiger partial charge in [0.2, 0.25) is 0 Å². The van der Waals surface area contributed by atoms with Crippen molar-refractivity contribution in [3.05, 3.63) is 17.8 Å². The number of nitrogens with zero attached hydrogens (tertiary/aromatic N) is 2. The van der Waals surface area contributed by atoms with Gasteiger partial charge >= 0.3 is 0 Å². The summed E-state index contributed by atoms with van der Waals surface area (Å²) in [6, 6.07) is 1.94. The number of nitrogen functional groups attached to an aromatic ring is 1. The van der Waals surface area contributed by atoms with Crippen LogP contribution in [0.25, 0.3) is 0 Å². The quantitative estimate of drug-likeness (QED) is 0.766. The maximum absolute atomic E-state index is 5.89. The molecule has 100 valence electrons. The average Bonchev–Trinajstić information content (AvgIpc) is 2.38. The fourth-order valence-corrected chi connectivity index (χ4v) is 2.07. The highest BCUT2D eigenvalue weighted by atomic mass is 16.5. The Labute approximate surface area is 108 Å². The number of hydrogen-bond donors (Lipinski definition) is 2. The third-order valence-corrected chi connectivity index (χ3v) is 3.10. The second kappa shape index (κ2) is 6.56. The van der Waals surface area contributed by atoms with E-state index in [4.69, 9.17) is 10.5 Å². The fourth-order valence-electron chi connectivity index (χ4n) is 2.07. The van der Waals surface area contributed by atoms with Crippen LogP contribution in [0, 0.1) is 6.92 Å². The van der Waals surface area contributed by atoms with Crippen molar-refractivity contribution in [3.63, 3.8) is 0 Å². The molecule has 1 saturated heterocycles. The molecule has 0 unspecified atom stereocenters. The molecule has 0 spiro atoms. The minimum atomic E-state index is 0.723. The molecule has 2 heterocycles. The molecule has 2 rings (SSSR count). The summed E-state index contributed by atoms with van der Waals surface area (Å²) in [5.41, 5.74) is 7.71. The third-order valence-electron chi connectivity index (χ3n) is 3.10. The van der Waals surface area contributed by atoms with Crippen LogP contribution in [0.4, 0.5) is 11.5 Å². The molecule has 1 fully saturated rings. The molecule has 0 radical (unpaired) electrons. The summed E-state index contributed by atoms with van der Waals surface area (Å²) in [7, 11) is 0. The lowest BCUT2D eigenvalue weighted by Gasteiger charge is -2.26. The monoisotopic (exact) mass is 250 g/mol. The van der Waals surface area contributed by atoms with Crippen LogP contribution in [-0.2, 0) is 4.74 Å². The van der Waals surface area contributed by atoms with E-state index in [2.05, 4.69) is 15.2 Å². The van der Waals surface area contributed by atoms with E-state index in [9.17, 15) is 0 Å². The van der Waals surface area contributed by atoms with Crippen molar-refractivity contribution in [2.45, 2.75) is 13.3 Å². The van der Waals surface area contributed by atoms with Gasteiger partial charge in [-0.15, -0.1) is 0 Å². The Hall–Kier alpha value is -1.33. The first-order chi connectivity index (χ1) is 8.75. The summed E-state index contributed by atoms with van der Waals surface area (Å²) in [5, 5.41) is 3.29. The van der Waals surface area contributed by atoms with Crippen molar-refractivity contribution in [2.75, 3.05) is 50.4 Å². The van der Waals surface area contributed by atoms with E-state index in [-0.39, 0.29) is 0 Å². The molecule has 0 aliphatic carbocycles. The fraction of sp³-hybridized carbons (Fsp3) is 0.615. The van der Waals surface area contributed by atoms with E-state index in [0.29, 0.717) is 0 Å². The standard InChI is InChI=1S/C13H22N4O/c1-11-9-12(14)13(16-10-11)15-3-2-4-17-5-7-18-8-6-17/h9-10H,2-8,14H2,1H3,(H,15,16). The number of nitrogens with two attached hydrogens (primary N) is 1. The Morgan fingerprint density at radius 2 is 2.22 bits per heavy atom. The zero-order chi connectivity index (χ0) is 12.8. The summed E-state index contributed by atoms with van der Waals surface area (Å²) in [6.07, 6.45) is 2.93. The summed E-state index contributed by atoms with van der Waals surface area (Å²) in [5.74, 6) is 0.794.